The zero-order valence-electron chi connectivity index (χ0n) is 14.4. The molecule has 8 nitrogen and oxygen atoms in total. The number of urea groups is 1. The Labute approximate surface area is 160 Å². The number of rotatable bonds is 4. The molecule has 28 heavy (non-hydrogen) atoms. The van der Waals surface area contributed by atoms with Crippen LogP contribution >= 0.6 is 0 Å². The van der Waals surface area contributed by atoms with Gasteiger partial charge in [0.15, 0.2) is 5.58 Å². The van der Waals surface area contributed by atoms with Gasteiger partial charge in [-0.25, -0.2) is 22.9 Å². The number of aromatic nitrogens is 2. The number of hydrogen-bond acceptors (Lipinski definition) is 6. The van der Waals surface area contributed by atoms with Crippen LogP contribution in [0.1, 0.15) is 0 Å². The normalized spacial score (nSPS) is 11.3. The van der Waals surface area contributed by atoms with Crippen molar-refractivity contribution >= 4 is 32.8 Å². The summed E-state index contributed by atoms with van der Waals surface area (Å²) in [5.74, 6) is 0.326. The second-order valence-corrected chi connectivity index (χ2v) is 7.50. The third kappa shape index (κ3) is 3.69. The van der Waals surface area contributed by atoms with Gasteiger partial charge in [0, 0.05) is 18.1 Å². The topological polar surface area (TPSA) is 114 Å². The summed E-state index contributed by atoms with van der Waals surface area (Å²) in [5, 5.41) is 2.46. The number of benzene rings is 2. The molecular formula is C19H14N4O4S. The molecule has 0 radical (unpaired) electrons. The van der Waals surface area contributed by atoms with E-state index in [2.05, 4.69) is 15.3 Å². The van der Waals surface area contributed by atoms with Crippen LogP contribution in [0.4, 0.5) is 10.5 Å². The Morgan fingerprint density at radius 2 is 1.82 bits per heavy atom. The fourth-order valence-electron chi connectivity index (χ4n) is 2.55. The molecule has 0 atom stereocenters. The minimum Gasteiger partial charge on any atom is -0.436 e. The molecule has 0 fully saturated rings. The van der Waals surface area contributed by atoms with Gasteiger partial charge in [0.1, 0.15) is 5.52 Å². The number of nitrogens with zero attached hydrogens (tertiary/aromatic N) is 2. The molecule has 4 aromatic rings. The molecule has 2 heterocycles. The molecular weight excluding hydrogens is 380 g/mol. The fourth-order valence-corrected chi connectivity index (χ4v) is 3.47. The van der Waals surface area contributed by atoms with Crippen molar-refractivity contribution in [2.45, 2.75) is 4.90 Å². The number of para-hydroxylation sites is 1. The summed E-state index contributed by atoms with van der Waals surface area (Å²) in [6.07, 6.45) is 3.22. The molecule has 0 saturated heterocycles. The van der Waals surface area contributed by atoms with E-state index in [1.807, 2.05) is 4.72 Å². The van der Waals surface area contributed by atoms with Crippen LogP contribution in [0.25, 0.3) is 22.6 Å². The van der Waals surface area contributed by atoms with Gasteiger partial charge >= 0.3 is 6.03 Å². The summed E-state index contributed by atoms with van der Waals surface area (Å²) in [6.45, 7) is 0. The average molecular weight is 394 g/mol. The van der Waals surface area contributed by atoms with Gasteiger partial charge in [-0.15, -0.1) is 0 Å². The number of nitrogens with one attached hydrogen (secondary N) is 2. The highest BCUT2D eigenvalue weighted by atomic mass is 32.2. The zero-order valence-corrected chi connectivity index (χ0v) is 15.2. The van der Waals surface area contributed by atoms with E-state index in [4.69, 9.17) is 4.42 Å². The van der Waals surface area contributed by atoms with Crippen LogP contribution in [0.15, 0.2) is 82.4 Å². The van der Waals surface area contributed by atoms with Crippen LogP contribution in [0.5, 0.6) is 0 Å². The van der Waals surface area contributed by atoms with Crippen molar-refractivity contribution in [3.05, 3.63) is 73.1 Å². The minimum absolute atomic E-state index is 0.103. The summed E-state index contributed by atoms with van der Waals surface area (Å²) in [4.78, 5) is 20.2. The van der Waals surface area contributed by atoms with Crippen LogP contribution in [-0.2, 0) is 10.0 Å². The number of fused-ring (bicyclic) bond motifs is 1. The number of pyridine rings is 1. The third-order valence-electron chi connectivity index (χ3n) is 3.84. The summed E-state index contributed by atoms with van der Waals surface area (Å²) in [6, 6.07) is 15.4. The van der Waals surface area contributed by atoms with E-state index in [9.17, 15) is 13.2 Å². The van der Waals surface area contributed by atoms with Crippen molar-refractivity contribution < 1.29 is 17.6 Å². The quantitative estimate of drug-likeness (QED) is 0.548. The summed E-state index contributed by atoms with van der Waals surface area (Å²) in [5.41, 5.74) is 1.92. The summed E-state index contributed by atoms with van der Waals surface area (Å²) in [7, 11) is -4.08. The summed E-state index contributed by atoms with van der Waals surface area (Å²) >= 11 is 0. The predicted molar refractivity (Wildman–Crippen MR) is 103 cm³/mol. The lowest BCUT2D eigenvalue weighted by molar-refractivity contribution is 0.256. The van der Waals surface area contributed by atoms with Gasteiger partial charge in [0.05, 0.1) is 10.5 Å². The molecule has 2 aromatic heterocycles. The highest BCUT2D eigenvalue weighted by molar-refractivity contribution is 7.90. The first-order valence-corrected chi connectivity index (χ1v) is 9.69. The van der Waals surface area contributed by atoms with Gasteiger partial charge in [-0.05, 0) is 42.5 Å². The molecule has 0 aliphatic carbocycles. The number of anilines is 1. The van der Waals surface area contributed by atoms with E-state index in [0.29, 0.717) is 28.2 Å². The highest BCUT2D eigenvalue weighted by Crippen LogP contribution is 2.25. The van der Waals surface area contributed by atoms with Crippen LogP contribution in [0.3, 0.4) is 0 Å². The number of amides is 2. The van der Waals surface area contributed by atoms with E-state index < -0.39 is 16.1 Å². The van der Waals surface area contributed by atoms with E-state index in [-0.39, 0.29) is 4.90 Å². The predicted octanol–water partition coefficient (Wildman–Crippen LogP) is 3.40. The number of oxazole rings is 1. The lowest BCUT2D eigenvalue weighted by atomic mass is 10.3. The smallest absolute Gasteiger partial charge is 0.333 e. The maximum absolute atomic E-state index is 12.5. The second-order valence-electron chi connectivity index (χ2n) is 5.82. The van der Waals surface area contributed by atoms with Gasteiger partial charge in [0.2, 0.25) is 5.89 Å². The van der Waals surface area contributed by atoms with Gasteiger partial charge < -0.3 is 9.73 Å². The molecule has 0 bridgehead atoms. The highest BCUT2D eigenvalue weighted by Gasteiger charge is 2.19. The Balaban J connectivity index is 1.58. The average Bonchev–Trinajstić information content (AvgIpc) is 3.12. The molecule has 0 spiro atoms. The van der Waals surface area contributed by atoms with Crippen LogP contribution < -0.4 is 10.0 Å². The lowest BCUT2D eigenvalue weighted by Crippen LogP contribution is -2.34. The van der Waals surface area contributed by atoms with E-state index >= 15 is 0 Å². The van der Waals surface area contributed by atoms with Crippen LogP contribution in [0.2, 0.25) is 0 Å². The van der Waals surface area contributed by atoms with Crippen molar-refractivity contribution in [1.82, 2.24) is 14.7 Å². The number of carbonyl (C=O) groups excluding carboxylic acids is 1. The van der Waals surface area contributed by atoms with Crippen molar-refractivity contribution in [2.75, 3.05) is 5.32 Å². The number of sulfonamides is 1. The number of hydrogen-bond donors (Lipinski definition) is 2. The van der Waals surface area contributed by atoms with Crippen LogP contribution in [-0.4, -0.2) is 24.4 Å². The molecule has 0 aliphatic rings. The molecule has 9 heteroatoms. The molecule has 0 unspecified atom stereocenters. The Hall–Kier alpha value is -3.72. The van der Waals surface area contributed by atoms with E-state index in [0.717, 1.165) is 0 Å². The monoisotopic (exact) mass is 394 g/mol. The van der Waals surface area contributed by atoms with Crippen molar-refractivity contribution in [1.29, 1.82) is 0 Å². The molecule has 2 amide bonds. The van der Waals surface area contributed by atoms with Gasteiger partial charge in [0.25, 0.3) is 10.0 Å². The SMILES string of the molecule is O=C(Nc1ccccc1)NS(=O)(=O)c1ccc2oc(-c3cccnc3)nc2c1. The largest absolute Gasteiger partial charge is 0.436 e. The minimum atomic E-state index is -4.08. The molecule has 0 aliphatic heterocycles. The maximum atomic E-state index is 12.5. The van der Waals surface area contributed by atoms with Crippen LogP contribution in [0, 0.1) is 0 Å². The van der Waals surface area contributed by atoms with Gasteiger partial charge in [-0.2, -0.15) is 0 Å². The first-order valence-electron chi connectivity index (χ1n) is 8.21. The molecule has 0 saturated carbocycles. The fraction of sp³-hybridized carbons (Fsp3) is 0. The third-order valence-corrected chi connectivity index (χ3v) is 5.17. The van der Waals surface area contributed by atoms with E-state index in [1.165, 1.54) is 18.2 Å². The molecule has 4 rings (SSSR count). The Morgan fingerprint density at radius 1 is 1.00 bits per heavy atom. The zero-order chi connectivity index (χ0) is 19.6. The van der Waals surface area contributed by atoms with E-state index in [1.54, 1.807) is 54.9 Å². The van der Waals surface area contributed by atoms with Gasteiger partial charge in [-0.1, -0.05) is 18.2 Å². The molecule has 2 N–H and O–H groups in total. The molecule has 2 aromatic carbocycles. The van der Waals surface area contributed by atoms with Gasteiger partial charge in [-0.3, -0.25) is 4.98 Å². The summed E-state index contributed by atoms with van der Waals surface area (Å²) < 4.78 is 32.6. The first kappa shape index (κ1) is 17.7. The van der Waals surface area contributed by atoms with Crippen molar-refractivity contribution in [3.8, 4) is 11.5 Å². The first-order chi connectivity index (χ1) is 13.5. The second kappa shape index (κ2) is 7.12. The van der Waals surface area contributed by atoms with Crippen molar-refractivity contribution in [3.63, 3.8) is 0 Å². The Kier molecular flexibility index (Phi) is 4.50. The Morgan fingerprint density at radius 3 is 2.57 bits per heavy atom. The molecule has 140 valence electrons. The Bertz CT molecular complexity index is 1240. The lowest BCUT2D eigenvalue weighted by Gasteiger charge is -2.08. The standard InChI is InChI=1S/C19H14N4O4S/c24-19(21-14-6-2-1-3-7-14)23-28(25,26)15-8-9-17-16(11-15)22-18(27-17)13-5-4-10-20-12-13/h1-12H,(H2,21,23,24). The van der Waals surface area contributed by atoms with Crippen molar-refractivity contribution in [2.24, 2.45) is 0 Å². The number of carbonyl (C=O) groups is 1. The maximum Gasteiger partial charge on any atom is 0.333 e.